The first-order valence-electron chi connectivity index (χ1n) is 7.50. The Morgan fingerprint density at radius 2 is 1.82 bits per heavy atom. The first kappa shape index (κ1) is 16.5. The van der Waals surface area contributed by atoms with Gasteiger partial charge in [0, 0.05) is 24.8 Å². The van der Waals surface area contributed by atoms with Crippen LogP contribution < -0.4 is 16.4 Å². The predicted molar refractivity (Wildman–Crippen MR) is 87.6 cm³/mol. The zero-order chi connectivity index (χ0) is 16.2. The molecule has 2 rings (SSSR count). The third-order valence-electron chi connectivity index (χ3n) is 3.99. The molecule has 22 heavy (non-hydrogen) atoms. The van der Waals surface area contributed by atoms with Gasteiger partial charge in [0.05, 0.1) is 6.54 Å². The highest BCUT2D eigenvalue weighted by molar-refractivity contribution is 5.93. The van der Waals surface area contributed by atoms with Gasteiger partial charge >= 0.3 is 0 Å². The Hall–Kier alpha value is -1.92. The molecular weight excluding hydrogens is 280 g/mol. The number of amides is 2. The molecule has 0 aliphatic carbocycles. The van der Waals surface area contributed by atoms with Crippen LogP contribution in [-0.2, 0) is 9.59 Å². The topological polar surface area (TPSA) is 87.5 Å². The second-order valence-electron chi connectivity index (χ2n) is 6.28. The summed E-state index contributed by atoms with van der Waals surface area (Å²) in [6.07, 6.45) is 1.03. The maximum atomic E-state index is 12.1. The quantitative estimate of drug-likeness (QED) is 0.764. The van der Waals surface area contributed by atoms with Crippen molar-refractivity contribution in [1.29, 1.82) is 0 Å². The summed E-state index contributed by atoms with van der Waals surface area (Å²) < 4.78 is 0. The van der Waals surface area contributed by atoms with Crippen molar-refractivity contribution >= 4 is 23.2 Å². The van der Waals surface area contributed by atoms with Crippen LogP contribution in [-0.4, -0.2) is 42.9 Å². The molecule has 1 aromatic carbocycles. The maximum Gasteiger partial charge on any atom is 0.238 e. The molecule has 4 N–H and O–H groups in total. The Bertz CT molecular complexity index is 544. The van der Waals surface area contributed by atoms with Gasteiger partial charge < -0.3 is 16.4 Å². The molecule has 0 aromatic heterocycles. The first-order valence-corrected chi connectivity index (χ1v) is 7.50. The number of nitrogens with one attached hydrogen (secondary N) is 2. The maximum absolute atomic E-state index is 12.1. The van der Waals surface area contributed by atoms with Crippen molar-refractivity contribution in [3.63, 3.8) is 0 Å². The Morgan fingerprint density at radius 1 is 1.23 bits per heavy atom. The highest BCUT2D eigenvalue weighted by Crippen LogP contribution is 2.28. The van der Waals surface area contributed by atoms with Crippen LogP contribution in [0.1, 0.15) is 20.3 Å². The van der Waals surface area contributed by atoms with Crippen LogP contribution in [0.2, 0.25) is 0 Å². The van der Waals surface area contributed by atoms with Gasteiger partial charge in [-0.3, -0.25) is 14.5 Å². The number of nitrogens with zero attached hydrogens (tertiary/aromatic N) is 1. The Labute approximate surface area is 131 Å². The molecule has 1 atom stereocenters. The number of anilines is 2. The molecule has 1 unspecified atom stereocenters. The number of carbonyl (C=O) groups is 2. The SMILES string of the molecule is CC(=O)Nc1ccc(NC(=O)CN2CCC(C)(CN)C2)cc1. The zero-order valence-electron chi connectivity index (χ0n) is 13.2. The molecule has 6 nitrogen and oxygen atoms in total. The monoisotopic (exact) mass is 304 g/mol. The molecule has 0 radical (unpaired) electrons. The van der Waals surface area contributed by atoms with E-state index in [-0.39, 0.29) is 17.2 Å². The van der Waals surface area contributed by atoms with E-state index in [1.807, 2.05) is 0 Å². The van der Waals surface area contributed by atoms with Gasteiger partial charge in [0.25, 0.3) is 0 Å². The minimum atomic E-state index is -0.117. The number of carbonyl (C=O) groups excluding carboxylic acids is 2. The van der Waals surface area contributed by atoms with Crippen LogP contribution in [0.3, 0.4) is 0 Å². The van der Waals surface area contributed by atoms with Gasteiger partial charge in [0.2, 0.25) is 11.8 Å². The fourth-order valence-electron chi connectivity index (χ4n) is 2.67. The molecule has 0 bridgehead atoms. The van der Waals surface area contributed by atoms with Crippen molar-refractivity contribution in [3.8, 4) is 0 Å². The molecule has 1 aromatic rings. The lowest BCUT2D eigenvalue weighted by molar-refractivity contribution is -0.117. The third kappa shape index (κ3) is 4.54. The summed E-state index contributed by atoms with van der Waals surface area (Å²) in [5.41, 5.74) is 7.34. The van der Waals surface area contributed by atoms with Crippen LogP contribution in [0.4, 0.5) is 11.4 Å². The summed E-state index contributed by atoms with van der Waals surface area (Å²) in [6, 6.07) is 7.07. The van der Waals surface area contributed by atoms with E-state index < -0.39 is 0 Å². The van der Waals surface area contributed by atoms with Crippen molar-refractivity contribution in [2.24, 2.45) is 11.1 Å². The summed E-state index contributed by atoms with van der Waals surface area (Å²) in [6.45, 7) is 6.41. The Balaban J connectivity index is 1.83. The summed E-state index contributed by atoms with van der Waals surface area (Å²) in [7, 11) is 0. The summed E-state index contributed by atoms with van der Waals surface area (Å²) in [5, 5.41) is 5.56. The van der Waals surface area contributed by atoms with E-state index >= 15 is 0 Å². The largest absolute Gasteiger partial charge is 0.330 e. The van der Waals surface area contributed by atoms with Crippen LogP contribution in [0, 0.1) is 5.41 Å². The summed E-state index contributed by atoms with van der Waals surface area (Å²) in [5.74, 6) is -0.151. The third-order valence-corrected chi connectivity index (χ3v) is 3.99. The van der Waals surface area contributed by atoms with Crippen LogP contribution in [0.25, 0.3) is 0 Å². The van der Waals surface area contributed by atoms with Crippen LogP contribution in [0.15, 0.2) is 24.3 Å². The number of benzene rings is 1. The van der Waals surface area contributed by atoms with Crippen molar-refractivity contribution in [1.82, 2.24) is 4.90 Å². The number of hydrogen-bond donors (Lipinski definition) is 3. The smallest absolute Gasteiger partial charge is 0.238 e. The number of nitrogens with two attached hydrogens (primary N) is 1. The molecule has 1 heterocycles. The van der Waals surface area contributed by atoms with E-state index in [1.165, 1.54) is 6.92 Å². The fraction of sp³-hybridized carbons (Fsp3) is 0.500. The second kappa shape index (κ2) is 6.89. The van der Waals surface area contributed by atoms with Gasteiger partial charge in [0.1, 0.15) is 0 Å². The molecule has 1 aliphatic heterocycles. The molecule has 1 aliphatic rings. The molecular formula is C16H24N4O2. The van der Waals surface area contributed by atoms with Gasteiger partial charge in [0.15, 0.2) is 0 Å². The van der Waals surface area contributed by atoms with Gasteiger partial charge in [-0.2, -0.15) is 0 Å². The highest BCUT2D eigenvalue weighted by Gasteiger charge is 2.33. The molecule has 6 heteroatoms. The lowest BCUT2D eigenvalue weighted by atomic mass is 9.90. The van der Waals surface area contributed by atoms with Gasteiger partial charge in [-0.1, -0.05) is 6.92 Å². The average molecular weight is 304 g/mol. The minimum Gasteiger partial charge on any atom is -0.330 e. The Kier molecular flexibility index (Phi) is 5.15. The normalized spacial score (nSPS) is 21.6. The summed E-state index contributed by atoms with van der Waals surface area (Å²) in [4.78, 5) is 25.2. The molecule has 1 fully saturated rings. The van der Waals surface area contributed by atoms with Crippen molar-refractivity contribution in [2.45, 2.75) is 20.3 Å². The van der Waals surface area contributed by atoms with E-state index in [0.717, 1.165) is 25.2 Å². The molecule has 0 spiro atoms. The zero-order valence-corrected chi connectivity index (χ0v) is 13.2. The molecule has 2 amide bonds. The van der Waals surface area contributed by atoms with E-state index in [2.05, 4.69) is 22.5 Å². The molecule has 0 saturated carbocycles. The minimum absolute atomic E-state index is 0.0338. The number of rotatable bonds is 5. The molecule has 120 valence electrons. The predicted octanol–water partition coefficient (Wildman–Crippen LogP) is 1.25. The standard InChI is InChI=1S/C16H24N4O2/c1-12(21)18-13-3-5-14(6-4-13)19-15(22)9-20-8-7-16(2,10-17)11-20/h3-6H,7-11,17H2,1-2H3,(H,18,21)(H,19,22). The summed E-state index contributed by atoms with van der Waals surface area (Å²) >= 11 is 0. The lowest BCUT2D eigenvalue weighted by Crippen LogP contribution is -2.35. The van der Waals surface area contributed by atoms with Crippen molar-refractivity contribution in [3.05, 3.63) is 24.3 Å². The number of likely N-dealkylation sites (tertiary alicyclic amines) is 1. The van der Waals surface area contributed by atoms with Gasteiger partial charge in [-0.15, -0.1) is 0 Å². The van der Waals surface area contributed by atoms with E-state index in [9.17, 15) is 9.59 Å². The van der Waals surface area contributed by atoms with Crippen molar-refractivity contribution < 1.29 is 9.59 Å². The highest BCUT2D eigenvalue weighted by atomic mass is 16.2. The van der Waals surface area contributed by atoms with Crippen LogP contribution in [0.5, 0.6) is 0 Å². The number of hydrogen-bond acceptors (Lipinski definition) is 4. The first-order chi connectivity index (χ1) is 10.4. The van der Waals surface area contributed by atoms with Crippen LogP contribution >= 0.6 is 0 Å². The van der Waals surface area contributed by atoms with Crippen molar-refractivity contribution in [2.75, 3.05) is 36.8 Å². The Morgan fingerprint density at radius 3 is 2.32 bits per heavy atom. The van der Waals surface area contributed by atoms with Gasteiger partial charge in [-0.05, 0) is 49.2 Å². The average Bonchev–Trinajstić information content (AvgIpc) is 2.82. The second-order valence-corrected chi connectivity index (χ2v) is 6.28. The molecule has 1 saturated heterocycles. The fourth-order valence-corrected chi connectivity index (χ4v) is 2.67. The van der Waals surface area contributed by atoms with Gasteiger partial charge in [-0.25, -0.2) is 0 Å². The lowest BCUT2D eigenvalue weighted by Gasteiger charge is -2.22. The van der Waals surface area contributed by atoms with E-state index in [1.54, 1.807) is 24.3 Å². The van der Waals surface area contributed by atoms with E-state index in [0.29, 0.717) is 18.8 Å². The van der Waals surface area contributed by atoms with E-state index in [4.69, 9.17) is 5.73 Å².